The number of hydrogen-bond acceptors (Lipinski definition) is 2. The number of nitrogens with one attached hydrogen (secondary N) is 1. The summed E-state index contributed by atoms with van der Waals surface area (Å²) >= 11 is 0. The third kappa shape index (κ3) is 3.68. The Bertz CT molecular complexity index is 806. The molecule has 0 bridgehead atoms. The first-order valence-corrected chi connectivity index (χ1v) is 7.87. The van der Waals surface area contributed by atoms with E-state index in [1.165, 1.54) is 0 Å². The normalized spacial score (nSPS) is 10.6. The maximum absolute atomic E-state index is 12.8. The molecule has 3 rings (SSSR count). The van der Waals surface area contributed by atoms with Gasteiger partial charge in [0.2, 0.25) is 0 Å². The molecule has 0 spiro atoms. The third-order valence-corrected chi connectivity index (χ3v) is 4.00. The van der Waals surface area contributed by atoms with E-state index in [9.17, 15) is 4.79 Å². The standard InChI is InChI=1S/C19H21N3O2/c1-15-7-3-4-10-18(15)20-19(23)22(14-17-9-6-12-24-17)13-16-8-5-11-21(16)2/h3-12H,13-14H2,1-2H3,(H,20,23). The number of benzene rings is 1. The monoisotopic (exact) mass is 323 g/mol. The fourth-order valence-corrected chi connectivity index (χ4v) is 2.55. The molecular formula is C19H21N3O2. The first-order valence-electron chi connectivity index (χ1n) is 7.87. The van der Waals surface area contributed by atoms with Gasteiger partial charge < -0.3 is 19.2 Å². The Kier molecular flexibility index (Phi) is 4.70. The van der Waals surface area contributed by atoms with Gasteiger partial charge in [-0.1, -0.05) is 18.2 Å². The van der Waals surface area contributed by atoms with Crippen LogP contribution in [0.5, 0.6) is 0 Å². The topological polar surface area (TPSA) is 50.4 Å². The molecule has 0 fully saturated rings. The van der Waals surface area contributed by atoms with Crippen molar-refractivity contribution in [1.29, 1.82) is 0 Å². The molecule has 0 saturated heterocycles. The zero-order valence-corrected chi connectivity index (χ0v) is 13.9. The van der Waals surface area contributed by atoms with Gasteiger partial charge in [0.15, 0.2) is 0 Å². The summed E-state index contributed by atoms with van der Waals surface area (Å²) in [5.41, 5.74) is 2.91. The van der Waals surface area contributed by atoms with Crippen molar-refractivity contribution in [2.75, 3.05) is 5.32 Å². The van der Waals surface area contributed by atoms with Crippen LogP contribution in [0.4, 0.5) is 10.5 Å². The summed E-state index contributed by atoms with van der Waals surface area (Å²) in [6.07, 6.45) is 3.59. The van der Waals surface area contributed by atoms with E-state index in [4.69, 9.17) is 4.42 Å². The van der Waals surface area contributed by atoms with Gasteiger partial charge in [-0.05, 0) is 42.8 Å². The van der Waals surface area contributed by atoms with Gasteiger partial charge in [0.1, 0.15) is 5.76 Å². The number of aromatic nitrogens is 1. The van der Waals surface area contributed by atoms with E-state index in [1.54, 1.807) is 11.2 Å². The summed E-state index contributed by atoms with van der Waals surface area (Å²) in [7, 11) is 1.97. The molecule has 1 N–H and O–H groups in total. The number of urea groups is 1. The van der Waals surface area contributed by atoms with Crippen molar-refractivity contribution >= 4 is 11.7 Å². The Balaban J connectivity index is 1.79. The molecular weight excluding hydrogens is 302 g/mol. The minimum atomic E-state index is -0.151. The number of amides is 2. The van der Waals surface area contributed by atoms with Crippen molar-refractivity contribution < 1.29 is 9.21 Å². The second kappa shape index (κ2) is 7.08. The fourth-order valence-electron chi connectivity index (χ4n) is 2.55. The van der Waals surface area contributed by atoms with E-state index < -0.39 is 0 Å². The van der Waals surface area contributed by atoms with Gasteiger partial charge in [-0.2, -0.15) is 0 Å². The minimum Gasteiger partial charge on any atom is -0.467 e. The Morgan fingerprint density at radius 2 is 1.96 bits per heavy atom. The van der Waals surface area contributed by atoms with Gasteiger partial charge in [-0.3, -0.25) is 0 Å². The highest BCUT2D eigenvalue weighted by Gasteiger charge is 2.17. The Labute approximate surface area is 141 Å². The highest BCUT2D eigenvalue weighted by molar-refractivity contribution is 5.90. The largest absolute Gasteiger partial charge is 0.467 e. The van der Waals surface area contributed by atoms with E-state index in [-0.39, 0.29) is 6.03 Å². The summed E-state index contributed by atoms with van der Waals surface area (Å²) in [6, 6.07) is 15.3. The van der Waals surface area contributed by atoms with E-state index >= 15 is 0 Å². The number of hydrogen-bond donors (Lipinski definition) is 1. The van der Waals surface area contributed by atoms with Gasteiger partial charge in [0.25, 0.3) is 0 Å². The molecule has 2 heterocycles. The lowest BCUT2D eigenvalue weighted by atomic mass is 10.2. The van der Waals surface area contributed by atoms with Crippen LogP contribution in [0.2, 0.25) is 0 Å². The summed E-state index contributed by atoms with van der Waals surface area (Å²) < 4.78 is 7.42. The predicted molar refractivity (Wildman–Crippen MR) is 93.6 cm³/mol. The molecule has 2 aromatic heterocycles. The van der Waals surface area contributed by atoms with Gasteiger partial charge in [-0.25, -0.2) is 4.79 Å². The van der Waals surface area contributed by atoms with Gasteiger partial charge >= 0.3 is 6.03 Å². The van der Waals surface area contributed by atoms with Crippen LogP contribution < -0.4 is 5.32 Å². The highest BCUT2D eigenvalue weighted by atomic mass is 16.3. The van der Waals surface area contributed by atoms with Crippen LogP contribution in [-0.2, 0) is 20.1 Å². The molecule has 0 aliphatic heterocycles. The zero-order valence-electron chi connectivity index (χ0n) is 13.9. The number of rotatable bonds is 5. The molecule has 0 aliphatic carbocycles. The average Bonchev–Trinajstić information content (AvgIpc) is 3.21. The van der Waals surface area contributed by atoms with E-state index in [0.29, 0.717) is 13.1 Å². The number of aryl methyl sites for hydroxylation is 2. The van der Waals surface area contributed by atoms with Gasteiger partial charge in [-0.15, -0.1) is 0 Å². The second-order valence-corrected chi connectivity index (χ2v) is 5.79. The fraction of sp³-hybridized carbons (Fsp3) is 0.211. The smallest absolute Gasteiger partial charge is 0.322 e. The third-order valence-electron chi connectivity index (χ3n) is 4.00. The number of para-hydroxylation sites is 1. The lowest BCUT2D eigenvalue weighted by Crippen LogP contribution is -2.34. The Morgan fingerprint density at radius 1 is 1.12 bits per heavy atom. The molecule has 24 heavy (non-hydrogen) atoms. The maximum Gasteiger partial charge on any atom is 0.322 e. The summed E-state index contributed by atoms with van der Waals surface area (Å²) in [5, 5.41) is 2.99. The summed E-state index contributed by atoms with van der Waals surface area (Å²) in [5.74, 6) is 0.754. The average molecular weight is 323 g/mol. The van der Waals surface area contributed by atoms with Crippen LogP contribution in [0.15, 0.2) is 65.4 Å². The molecule has 1 aromatic carbocycles. The van der Waals surface area contributed by atoms with Crippen LogP contribution in [0.25, 0.3) is 0 Å². The SMILES string of the molecule is Cc1ccccc1NC(=O)N(Cc1ccco1)Cc1cccn1C. The molecule has 124 valence electrons. The number of carbonyl (C=O) groups is 1. The second-order valence-electron chi connectivity index (χ2n) is 5.79. The molecule has 5 heteroatoms. The van der Waals surface area contributed by atoms with Gasteiger partial charge in [0, 0.05) is 24.6 Å². The lowest BCUT2D eigenvalue weighted by Gasteiger charge is -2.23. The van der Waals surface area contributed by atoms with Crippen molar-refractivity contribution in [1.82, 2.24) is 9.47 Å². The van der Waals surface area contributed by atoms with Crippen LogP contribution >= 0.6 is 0 Å². The van der Waals surface area contributed by atoms with Crippen molar-refractivity contribution in [2.24, 2.45) is 7.05 Å². The Morgan fingerprint density at radius 3 is 2.62 bits per heavy atom. The minimum absolute atomic E-state index is 0.151. The van der Waals surface area contributed by atoms with Crippen LogP contribution in [0, 0.1) is 6.92 Å². The quantitative estimate of drug-likeness (QED) is 0.766. The number of carbonyl (C=O) groups excluding carboxylic acids is 1. The molecule has 2 amide bonds. The van der Waals surface area contributed by atoms with Gasteiger partial charge in [0.05, 0.1) is 19.4 Å². The number of furan rings is 1. The van der Waals surface area contributed by atoms with E-state index in [2.05, 4.69) is 5.32 Å². The number of anilines is 1. The maximum atomic E-state index is 12.8. The molecule has 3 aromatic rings. The first-order chi connectivity index (χ1) is 11.6. The highest BCUT2D eigenvalue weighted by Crippen LogP contribution is 2.17. The summed E-state index contributed by atoms with van der Waals surface area (Å²) in [6.45, 7) is 2.89. The van der Waals surface area contributed by atoms with Crippen molar-refractivity contribution in [3.05, 3.63) is 78.0 Å². The molecule has 0 saturated carbocycles. The van der Waals surface area contributed by atoms with Crippen molar-refractivity contribution in [2.45, 2.75) is 20.0 Å². The van der Waals surface area contributed by atoms with E-state index in [0.717, 1.165) is 22.7 Å². The molecule has 0 aliphatic rings. The zero-order chi connectivity index (χ0) is 16.9. The Hall–Kier alpha value is -2.95. The first kappa shape index (κ1) is 15.9. The van der Waals surface area contributed by atoms with Crippen LogP contribution in [0.1, 0.15) is 17.0 Å². The molecule has 0 atom stereocenters. The van der Waals surface area contributed by atoms with Crippen LogP contribution in [-0.4, -0.2) is 15.5 Å². The van der Waals surface area contributed by atoms with Crippen molar-refractivity contribution in [3.8, 4) is 0 Å². The van der Waals surface area contributed by atoms with Crippen LogP contribution in [0.3, 0.4) is 0 Å². The summed E-state index contributed by atoms with van der Waals surface area (Å²) in [4.78, 5) is 14.5. The molecule has 5 nitrogen and oxygen atoms in total. The van der Waals surface area contributed by atoms with Crippen molar-refractivity contribution in [3.63, 3.8) is 0 Å². The molecule has 0 unspecified atom stereocenters. The number of nitrogens with zero attached hydrogens (tertiary/aromatic N) is 2. The molecule has 0 radical (unpaired) electrons. The predicted octanol–water partition coefficient (Wildman–Crippen LogP) is 4.16. The lowest BCUT2D eigenvalue weighted by molar-refractivity contribution is 0.200. The van der Waals surface area contributed by atoms with E-state index in [1.807, 2.05) is 73.3 Å².